The van der Waals surface area contributed by atoms with E-state index in [4.69, 9.17) is 32.7 Å². The number of hydrogen-bond acceptors (Lipinski definition) is 5. The molecule has 1 saturated carbocycles. The van der Waals surface area contributed by atoms with Gasteiger partial charge >= 0.3 is 6.03 Å². The quantitative estimate of drug-likeness (QED) is 0.445. The maximum atomic E-state index is 13.7. The van der Waals surface area contributed by atoms with Crippen LogP contribution in [0.15, 0.2) is 18.2 Å². The molecule has 180 valence electrons. The zero-order valence-corrected chi connectivity index (χ0v) is 20.3. The average molecular weight is 498 g/mol. The summed E-state index contributed by atoms with van der Waals surface area (Å²) in [5, 5.41) is -0.637. The predicted octanol–water partition coefficient (Wildman–Crippen LogP) is 3.08. The van der Waals surface area contributed by atoms with E-state index in [2.05, 4.69) is 0 Å². The summed E-state index contributed by atoms with van der Waals surface area (Å²) in [6.45, 7) is 1.26. The number of alkyl halides is 2. The Morgan fingerprint density at radius 2 is 1.76 bits per heavy atom. The lowest BCUT2D eigenvalue weighted by Gasteiger charge is -2.52. The normalized spacial score (nSPS) is 28.5. The number of carbonyl (C=O) groups excluding carboxylic acids is 3. The summed E-state index contributed by atoms with van der Waals surface area (Å²) in [7, 11) is 3.09. The molecule has 10 heteroatoms. The molecular formula is C23H29Cl2N3O5. The zero-order chi connectivity index (χ0) is 23.7. The van der Waals surface area contributed by atoms with Gasteiger partial charge in [-0.05, 0) is 43.4 Å². The second-order valence-corrected chi connectivity index (χ2v) is 10.0. The number of urea groups is 1. The van der Waals surface area contributed by atoms with E-state index in [1.54, 1.807) is 31.3 Å². The number of nitrogens with zero attached hydrogens (tertiary/aromatic N) is 3. The lowest BCUT2D eigenvalue weighted by molar-refractivity contribution is -0.142. The van der Waals surface area contributed by atoms with Crippen molar-refractivity contribution in [3.63, 3.8) is 0 Å². The maximum Gasteiger partial charge on any atom is 0.327 e. The molecule has 3 aliphatic rings. The van der Waals surface area contributed by atoms with Crippen molar-refractivity contribution in [2.24, 2.45) is 5.92 Å². The summed E-state index contributed by atoms with van der Waals surface area (Å²) in [6.07, 6.45) is 3.21. The molecule has 1 aromatic carbocycles. The monoisotopic (exact) mass is 497 g/mol. The maximum absolute atomic E-state index is 13.7. The van der Waals surface area contributed by atoms with E-state index in [1.807, 2.05) is 11.0 Å². The van der Waals surface area contributed by atoms with Gasteiger partial charge in [0.1, 0.15) is 0 Å². The summed E-state index contributed by atoms with van der Waals surface area (Å²) in [6, 6.07) is 4.61. The van der Waals surface area contributed by atoms with Crippen LogP contribution in [0.25, 0.3) is 0 Å². The lowest BCUT2D eigenvalue weighted by Crippen LogP contribution is -2.68. The van der Waals surface area contributed by atoms with Crippen LogP contribution < -0.4 is 9.47 Å². The molecule has 2 heterocycles. The van der Waals surface area contributed by atoms with Crippen molar-refractivity contribution in [3.05, 3.63) is 23.8 Å². The summed E-state index contributed by atoms with van der Waals surface area (Å²) >= 11 is 13.1. The van der Waals surface area contributed by atoms with E-state index in [9.17, 15) is 14.4 Å². The third kappa shape index (κ3) is 4.60. The van der Waals surface area contributed by atoms with Crippen LogP contribution in [0.5, 0.6) is 11.5 Å². The zero-order valence-electron chi connectivity index (χ0n) is 18.8. The summed E-state index contributed by atoms with van der Waals surface area (Å²) in [5.74, 6) is 0.330. The molecule has 4 atom stereocenters. The number of benzene rings is 1. The van der Waals surface area contributed by atoms with Crippen molar-refractivity contribution < 1.29 is 23.9 Å². The van der Waals surface area contributed by atoms with Crippen LogP contribution in [0, 0.1) is 5.92 Å². The molecule has 0 aromatic heterocycles. The highest BCUT2D eigenvalue weighted by Crippen LogP contribution is 2.42. The third-order valence-corrected chi connectivity index (χ3v) is 7.78. The SMILES string of the molecule is COc1ccc(CN2C(=O)C3C(Cl)CC(Cl)CC3N(C3CCN(C=O)CC3)C2=O)cc1OC. The van der Waals surface area contributed by atoms with Gasteiger partial charge in [0.15, 0.2) is 11.5 Å². The predicted molar refractivity (Wildman–Crippen MR) is 124 cm³/mol. The topological polar surface area (TPSA) is 79.4 Å². The minimum absolute atomic E-state index is 0.0759. The molecule has 33 heavy (non-hydrogen) atoms. The van der Waals surface area contributed by atoms with Gasteiger partial charge in [0.2, 0.25) is 12.3 Å². The Labute approximate surface area is 203 Å². The van der Waals surface area contributed by atoms with Gasteiger partial charge in [-0.3, -0.25) is 14.5 Å². The van der Waals surface area contributed by atoms with Gasteiger partial charge in [0, 0.05) is 35.9 Å². The van der Waals surface area contributed by atoms with Gasteiger partial charge in [0.25, 0.3) is 0 Å². The first-order valence-corrected chi connectivity index (χ1v) is 12.1. The van der Waals surface area contributed by atoms with E-state index in [-0.39, 0.29) is 35.9 Å². The van der Waals surface area contributed by atoms with E-state index in [0.717, 1.165) is 12.0 Å². The fourth-order valence-corrected chi connectivity index (χ4v) is 6.26. The van der Waals surface area contributed by atoms with Crippen molar-refractivity contribution in [2.45, 2.75) is 55.1 Å². The van der Waals surface area contributed by atoms with Crippen LogP contribution in [-0.4, -0.2) is 83.2 Å². The van der Waals surface area contributed by atoms with Crippen LogP contribution in [0.4, 0.5) is 4.79 Å². The van der Waals surface area contributed by atoms with Crippen LogP contribution in [0.1, 0.15) is 31.2 Å². The highest BCUT2D eigenvalue weighted by molar-refractivity contribution is 6.25. The minimum Gasteiger partial charge on any atom is -0.493 e. The number of halogens is 2. The smallest absolute Gasteiger partial charge is 0.327 e. The summed E-state index contributed by atoms with van der Waals surface area (Å²) in [5.41, 5.74) is 0.751. The number of rotatable bonds is 6. The van der Waals surface area contributed by atoms with Gasteiger partial charge < -0.3 is 19.3 Å². The molecule has 0 radical (unpaired) electrons. The summed E-state index contributed by atoms with van der Waals surface area (Å²) < 4.78 is 10.7. The Kier molecular flexibility index (Phi) is 7.24. The number of carbonyl (C=O) groups is 3. The molecule has 0 spiro atoms. The van der Waals surface area contributed by atoms with Gasteiger partial charge in [-0.25, -0.2) is 4.79 Å². The second-order valence-electron chi connectivity index (χ2n) is 8.85. The van der Waals surface area contributed by atoms with Crippen LogP contribution in [0.2, 0.25) is 0 Å². The van der Waals surface area contributed by atoms with Gasteiger partial charge in [0.05, 0.1) is 26.7 Å². The highest BCUT2D eigenvalue weighted by Gasteiger charge is 2.53. The summed E-state index contributed by atoms with van der Waals surface area (Å²) in [4.78, 5) is 43.3. The number of fused-ring (bicyclic) bond motifs is 1. The fourth-order valence-electron chi connectivity index (χ4n) is 5.30. The van der Waals surface area contributed by atoms with Crippen LogP contribution >= 0.6 is 23.2 Å². The molecule has 4 amide bonds. The van der Waals surface area contributed by atoms with Crippen LogP contribution in [0.3, 0.4) is 0 Å². The molecule has 1 aliphatic carbocycles. The molecule has 8 nitrogen and oxygen atoms in total. The molecular weight excluding hydrogens is 469 g/mol. The number of imide groups is 1. The average Bonchev–Trinajstić information content (AvgIpc) is 2.81. The molecule has 4 rings (SSSR count). The Hall–Kier alpha value is -2.19. The number of piperidine rings is 1. The van der Waals surface area contributed by atoms with Crippen molar-refractivity contribution in [3.8, 4) is 11.5 Å². The van der Waals surface area contributed by atoms with Crippen molar-refractivity contribution in [2.75, 3.05) is 27.3 Å². The third-order valence-electron chi connectivity index (χ3n) is 6.97. The highest BCUT2D eigenvalue weighted by atomic mass is 35.5. The number of amides is 4. The number of hydrogen-bond donors (Lipinski definition) is 0. The Bertz CT molecular complexity index is 908. The lowest BCUT2D eigenvalue weighted by atomic mass is 9.79. The molecule has 0 N–H and O–H groups in total. The molecule has 4 unspecified atom stereocenters. The Morgan fingerprint density at radius 3 is 2.39 bits per heavy atom. The Morgan fingerprint density at radius 1 is 1.06 bits per heavy atom. The van der Waals surface area contributed by atoms with E-state index in [1.165, 1.54) is 4.90 Å². The molecule has 1 aromatic rings. The molecule has 3 fully saturated rings. The van der Waals surface area contributed by atoms with Gasteiger partial charge in [-0.2, -0.15) is 0 Å². The van der Waals surface area contributed by atoms with E-state index < -0.39 is 11.3 Å². The first kappa shape index (κ1) is 24.0. The van der Waals surface area contributed by atoms with Gasteiger partial charge in [-0.1, -0.05) is 6.07 Å². The second kappa shape index (κ2) is 9.97. The number of ether oxygens (including phenoxy) is 2. The first-order valence-electron chi connectivity index (χ1n) is 11.2. The van der Waals surface area contributed by atoms with Crippen molar-refractivity contribution >= 4 is 41.6 Å². The minimum atomic E-state index is -0.511. The van der Waals surface area contributed by atoms with Gasteiger partial charge in [-0.15, -0.1) is 23.2 Å². The largest absolute Gasteiger partial charge is 0.493 e. The van der Waals surface area contributed by atoms with E-state index >= 15 is 0 Å². The standard InChI is InChI=1S/C23H29Cl2N3O5/c1-32-19-4-3-14(9-20(19)33-2)12-27-22(30)21-17(25)10-15(24)11-18(21)28(23(27)31)16-5-7-26(13-29)8-6-16/h3-4,9,13,15-18,21H,5-8,10-12H2,1-2H3. The molecule has 0 bridgehead atoms. The molecule has 2 aliphatic heterocycles. The number of likely N-dealkylation sites (tertiary alicyclic amines) is 1. The van der Waals surface area contributed by atoms with Crippen molar-refractivity contribution in [1.82, 2.24) is 14.7 Å². The molecule has 2 saturated heterocycles. The van der Waals surface area contributed by atoms with Crippen LogP contribution in [-0.2, 0) is 16.1 Å². The van der Waals surface area contributed by atoms with E-state index in [0.29, 0.717) is 50.3 Å². The Balaban J connectivity index is 1.64. The fraction of sp³-hybridized carbons (Fsp3) is 0.609. The number of methoxy groups -OCH3 is 2. The van der Waals surface area contributed by atoms with Crippen molar-refractivity contribution in [1.29, 1.82) is 0 Å². The first-order chi connectivity index (χ1) is 15.9.